The van der Waals surface area contributed by atoms with E-state index in [9.17, 15) is 18.0 Å². The van der Waals surface area contributed by atoms with Crippen LogP contribution in [0.2, 0.25) is 0 Å². The number of rotatable bonds is 4. The maximum absolute atomic E-state index is 12.3. The fourth-order valence-corrected chi connectivity index (χ4v) is 3.27. The molecule has 0 atom stereocenters. The number of hydrogen-bond acceptors (Lipinski definition) is 2. The van der Waals surface area contributed by atoms with Crippen LogP contribution in [0.3, 0.4) is 0 Å². The van der Waals surface area contributed by atoms with Gasteiger partial charge in [0, 0.05) is 24.4 Å². The highest BCUT2D eigenvalue weighted by atomic mass is 32.2. The Morgan fingerprint density at radius 1 is 1.27 bits per heavy atom. The maximum atomic E-state index is 12.3. The minimum Gasteiger partial charge on any atom is -0.338 e. The molecule has 7 heteroatoms. The third-order valence-electron chi connectivity index (χ3n) is 3.35. The zero-order valence-corrected chi connectivity index (χ0v) is 13.0. The molecule has 2 amide bonds. The van der Waals surface area contributed by atoms with Crippen molar-refractivity contribution < 1.29 is 18.0 Å². The molecular weight excluding hydrogens is 313 g/mol. The van der Waals surface area contributed by atoms with Crippen LogP contribution in [0.25, 0.3) is 0 Å². The molecule has 0 saturated heterocycles. The highest BCUT2D eigenvalue weighted by Crippen LogP contribution is 2.33. The molecule has 1 aromatic carbocycles. The Morgan fingerprint density at radius 3 is 2.82 bits per heavy atom. The highest BCUT2D eigenvalue weighted by molar-refractivity contribution is 7.99. The van der Waals surface area contributed by atoms with Crippen LogP contribution in [0.4, 0.5) is 23.7 Å². The first-order valence-electron chi connectivity index (χ1n) is 7.31. The van der Waals surface area contributed by atoms with Crippen molar-refractivity contribution in [2.75, 3.05) is 23.7 Å². The Bertz CT molecular complexity index is 508. The van der Waals surface area contributed by atoms with Gasteiger partial charge in [0.1, 0.15) is 0 Å². The lowest BCUT2D eigenvalue weighted by atomic mass is 10.2. The van der Waals surface area contributed by atoms with Crippen molar-refractivity contribution in [1.29, 1.82) is 0 Å². The average Bonchev–Trinajstić information content (AvgIpc) is 2.68. The number of halogens is 3. The van der Waals surface area contributed by atoms with Crippen LogP contribution in [0, 0.1) is 0 Å². The number of hydrogen-bond donors (Lipinski definition) is 1. The Morgan fingerprint density at radius 2 is 2.05 bits per heavy atom. The Kier molecular flexibility index (Phi) is 5.99. The van der Waals surface area contributed by atoms with Gasteiger partial charge in [-0.15, -0.1) is 11.8 Å². The number of carbonyl (C=O) groups is 1. The first-order valence-corrected chi connectivity index (χ1v) is 8.30. The molecule has 1 aliphatic rings. The molecule has 22 heavy (non-hydrogen) atoms. The molecule has 1 aliphatic heterocycles. The SMILES string of the molecule is O=C(NCCCCC(F)(F)F)N1CCCSc2ccccc21. The summed E-state index contributed by atoms with van der Waals surface area (Å²) in [5.74, 6) is 0.951. The van der Waals surface area contributed by atoms with Gasteiger partial charge in [-0.25, -0.2) is 4.79 Å². The number of nitrogens with zero attached hydrogens (tertiary/aromatic N) is 1. The number of unbranched alkanes of at least 4 members (excludes halogenated alkanes) is 1. The van der Waals surface area contributed by atoms with E-state index in [-0.39, 0.29) is 19.0 Å². The number of thioether (sulfide) groups is 1. The van der Waals surface area contributed by atoms with Gasteiger partial charge in [0.25, 0.3) is 0 Å². The summed E-state index contributed by atoms with van der Waals surface area (Å²) in [6.07, 6.45) is -3.66. The predicted octanol–water partition coefficient (Wildman–Crippen LogP) is 4.43. The zero-order chi connectivity index (χ0) is 16.0. The van der Waals surface area contributed by atoms with Crippen LogP contribution in [0.15, 0.2) is 29.2 Å². The summed E-state index contributed by atoms with van der Waals surface area (Å²) in [7, 11) is 0. The summed E-state index contributed by atoms with van der Waals surface area (Å²) in [6.45, 7) is 0.888. The van der Waals surface area contributed by atoms with Crippen LogP contribution in [0.1, 0.15) is 25.7 Å². The van der Waals surface area contributed by atoms with Crippen molar-refractivity contribution in [3.8, 4) is 0 Å². The van der Waals surface area contributed by atoms with Crippen molar-refractivity contribution in [2.24, 2.45) is 0 Å². The monoisotopic (exact) mass is 332 g/mol. The third-order valence-corrected chi connectivity index (χ3v) is 4.50. The molecule has 0 radical (unpaired) electrons. The van der Waals surface area contributed by atoms with Crippen LogP contribution in [-0.4, -0.2) is 31.0 Å². The number of carbonyl (C=O) groups excluding carboxylic acids is 1. The summed E-state index contributed by atoms with van der Waals surface area (Å²) in [4.78, 5) is 15.0. The van der Waals surface area contributed by atoms with Crippen LogP contribution in [-0.2, 0) is 0 Å². The van der Waals surface area contributed by atoms with E-state index in [1.165, 1.54) is 0 Å². The summed E-state index contributed by atoms with van der Waals surface area (Å²) in [5, 5.41) is 2.72. The number of fused-ring (bicyclic) bond motifs is 1. The first-order chi connectivity index (χ1) is 10.5. The lowest BCUT2D eigenvalue weighted by Gasteiger charge is -2.22. The van der Waals surface area contributed by atoms with E-state index < -0.39 is 12.6 Å². The molecule has 3 nitrogen and oxygen atoms in total. The van der Waals surface area contributed by atoms with Crippen molar-refractivity contribution in [3.63, 3.8) is 0 Å². The van der Waals surface area contributed by atoms with Gasteiger partial charge in [0.05, 0.1) is 5.69 Å². The number of alkyl halides is 3. The van der Waals surface area contributed by atoms with E-state index in [1.54, 1.807) is 16.7 Å². The minimum atomic E-state index is -4.12. The molecule has 0 bridgehead atoms. The summed E-state index contributed by atoms with van der Waals surface area (Å²) >= 11 is 1.72. The zero-order valence-electron chi connectivity index (χ0n) is 12.2. The number of nitrogens with one attached hydrogen (secondary N) is 1. The smallest absolute Gasteiger partial charge is 0.338 e. The quantitative estimate of drug-likeness (QED) is 0.827. The van der Waals surface area contributed by atoms with Gasteiger partial charge in [0.15, 0.2) is 0 Å². The van der Waals surface area contributed by atoms with Gasteiger partial charge in [-0.3, -0.25) is 4.90 Å². The van der Waals surface area contributed by atoms with E-state index in [4.69, 9.17) is 0 Å². The van der Waals surface area contributed by atoms with E-state index >= 15 is 0 Å². The minimum absolute atomic E-state index is 0.0379. The van der Waals surface area contributed by atoms with Crippen LogP contribution < -0.4 is 10.2 Å². The molecule has 0 saturated carbocycles. The topological polar surface area (TPSA) is 32.3 Å². The predicted molar refractivity (Wildman–Crippen MR) is 82.4 cm³/mol. The second-order valence-electron chi connectivity index (χ2n) is 5.13. The van der Waals surface area contributed by atoms with Crippen molar-refractivity contribution in [3.05, 3.63) is 24.3 Å². The number of urea groups is 1. The summed E-state index contributed by atoms with van der Waals surface area (Å²) in [5.41, 5.74) is 0.873. The largest absolute Gasteiger partial charge is 0.389 e. The van der Waals surface area contributed by atoms with Gasteiger partial charge < -0.3 is 5.32 Å². The van der Waals surface area contributed by atoms with E-state index in [0.29, 0.717) is 13.0 Å². The van der Waals surface area contributed by atoms with Crippen LogP contribution in [0.5, 0.6) is 0 Å². The number of benzene rings is 1. The summed E-state index contributed by atoms with van der Waals surface area (Å²) in [6, 6.07) is 7.46. The van der Waals surface area contributed by atoms with Gasteiger partial charge in [-0.1, -0.05) is 12.1 Å². The van der Waals surface area contributed by atoms with Crippen molar-refractivity contribution >= 4 is 23.5 Å². The normalized spacial score (nSPS) is 15.1. The van der Waals surface area contributed by atoms with Crippen LogP contribution >= 0.6 is 11.8 Å². The fourth-order valence-electron chi connectivity index (χ4n) is 2.28. The molecule has 1 heterocycles. The molecule has 0 aromatic heterocycles. The van der Waals surface area contributed by atoms with E-state index in [0.717, 1.165) is 22.8 Å². The maximum Gasteiger partial charge on any atom is 0.389 e. The Labute approximate surface area is 132 Å². The molecule has 0 aliphatic carbocycles. The number of anilines is 1. The van der Waals surface area contributed by atoms with Gasteiger partial charge in [-0.05, 0) is 37.1 Å². The van der Waals surface area contributed by atoms with E-state index in [2.05, 4.69) is 5.32 Å². The molecule has 2 rings (SSSR count). The highest BCUT2D eigenvalue weighted by Gasteiger charge is 2.26. The molecule has 0 fully saturated rings. The van der Waals surface area contributed by atoms with Gasteiger partial charge in [-0.2, -0.15) is 13.2 Å². The Hall–Kier alpha value is -1.37. The molecule has 1 N–H and O–H groups in total. The average molecular weight is 332 g/mol. The van der Waals surface area contributed by atoms with E-state index in [1.807, 2.05) is 24.3 Å². The second kappa shape index (κ2) is 7.76. The number of para-hydroxylation sites is 1. The standard InChI is InChI=1S/C15H19F3N2OS/c16-15(17,18)8-3-4-9-19-14(21)20-10-5-11-22-13-7-2-1-6-12(13)20/h1-2,6-7H,3-5,8-11H2,(H,19,21). The van der Waals surface area contributed by atoms with Crippen molar-refractivity contribution in [1.82, 2.24) is 5.32 Å². The molecule has 122 valence electrons. The lowest BCUT2D eigenvalue weighted by Crippen LogP contribution is -2.41. The third kappa shape index (κ3) is 5.12. The molecule has 1 aromatic rings. The molecule has 0 spiro atoms. The van der Waals surface area contributed by atoms with Gasteiger partial charge in [0.2, 0.25) is 0 Å². The van der Waals surface area contributed by atoms with Crippen molar-refractivity contribution in [2.45, 2.75) is 36.8 Å². The number of amides is 2. The van der Waals surface area contributed by atoms with Gasteiger partial charge >= 0.3 is 12.2 Å². The lowest BCUT2D eigenvalue weighted by molar-refractivity contribution is -0.135. The Balaban J connectivity index is 1.85. The fraction of sp³-hybridized carbons (Fsp3) is 0.533. The molecular formula is C15H19F3N2OS. The summed E-state index contributed by atoms with van der Waals surface area (Å²) < 4.78 is 36.1. The second-order valence-corrected chi connectivity index (χ2v) is 6.26. The molecule has 0 unspecified atom stereocenters. The first kappa shape index (κ1) is 17.0.